The second-order valence-electron chi connectivity index (χ2n) is 10.9. The normalized spacial score (nSPS) is 11.5. The molecule has 0 fully saturated rings. The highest BCUT2D eigenvalue weighted by Gasteiger charge is 2.29. The molecule has 0 saturated heterocycles. The number of carbonyl (C=O) groups excluding carboxylic acids is 2. The summed E-state index contributed by atoms with van der Waals surface area (Å²) in [6.45, 7) is 7.68. The number of rotatable bonds is 9. The van der Waals surface area contributed by atoms with Crippen LogP contribution in [-0.2, 0) is 20.2 Å². The lowest BCUT2D eigenvalue weighted by atomic mass is 9.87. The van der Waals surface area contributed by atoms with Gasteiger partial charge in [-0.2, -0.15) is 0 Å². The number of para-hydroxylation sites is 2. The highest BCUT2D eigenvalue weighted by molar-refractivity contribution is 7.92. The van der Waals surface area contributed by atoms with Gasteiger partial charge in [0.05, 0.1) is 17.7 Å². The van der Waals surface area contributed by atoms with E-state index in [1.54, 1.807) is 72.8 Å². The molecule has 0 radical (unpaired) electrons. The van der Waals surface area contributed by atoms with Gasteiger partial charge >= 0.3 is 0 Å². The summed E-state index contributed by atoms with van der Waals surface area (Å²) in [7, 11) is -2.68. The Morgan fingerprint density at radius 2 is 1.43 bits per heavy atom. The van der Waals surface area contributed by atoms with Gasteiger partial charge in [0.1, 0.15) is 12.3 Å². The number of ether oxygens (including phenoxy) is 1. The topological polar surface area (TPSA) is 105 Å². The van der Waals surface area contributed by atoms with E-state index in [9.17, 15) is 18.0 Å². The van der Waals surface area contributed by atoms with Crippen molar-refractivity contribution in [1.82, 2.24) is 0 Å². The van der Waals surface area contributed by atoms with Crippen molar-refractivity contribution in [3.8, 4) is 5.75 Å². The molecule has 9 heteroatoms. The average molecular weight is 586 g/mol. The van der Waals surface area contributed by atoms with Gasteiger partial charge in [0.15, 0.2) is 0 Å². The monoisotopic (exact) mass is 585 g/mol. The Morgan fingerprint density at radius 1 is 0.810 bits per heavy atom. The molecule has 218 valence electrons. The summed E-state index contributed by atoms with van der Waals surface area (Å²) in [6, 6.07) is 27.1. The van der Waals surface area contributed by atoms with Gasteiger partial charge in [-0.15, -0.1) is 0 Å². The van der Waals surface area contributed by atoms with Crippen LogP contribution in [0.3, 0.4) is 0 Å². The number of carbonyl (C=O) groups is 2. The lowest BCUT2D eigenvalue weighted by Crippen LogP contribution is -2.38. The first-order valence-corrected chi connectivity index (χ1v) is 14.9. The Labute approximate surface area is 247 Å². The molecule has 2 N–H and O–H groups in total. The number of amides is 2. The molecule has 0 aliphatic heterocycles. The highest BCUT2D eigenvalue weighted by atomic mass is 32.2. The maximum absolute atomic E-state index is 13.7. The van der Waals surface area contributed by atoms with Crippen LogP contribution in [0.15, 0.2) is 102 Å². The number of hydrogen-bond acceptors (Lipinski definition) is 5. The van der Waals surface area contributed by atoms with Gasteiger partial charge in [-0.3, -0.25) is 13.9 Å². The van der Waals surface area contributed by atoms with E-state index in [0.29, 0.717) is 22.7 Å². The van der Waals surface area contributed by atoms with Crippen molar-refractivity contribution >= 4 is 38.9 Å². The zero-order chi connectivity index (χ0) is 30.5. The van der Waals surface area contributed by atoms with Crippen molar-refractivity contribution in [1.29, 1.82) is 0 Å². The molecule has 0 spiro atoms. The Hall–Kier alpha value is -4.63. The number of hydrogen-bond donors (Lipinski definition) is 2. The Bertz CT molecular complexity index is 1680. The van der Waals surface area contributed by atoms with E-state index in [2.05, 4.69) is 31.4 Å². The maximum atomic E-state index is 13.7. The summed E-state index contributed by atoms with van der Waals surface area (Å²) in [5, 5.41) is 5.60. The minimum Gasteiger partial charge on any atom is -0.495 e. The highest BCUT2D eigenvalue weighted by Crippen LogP contribution is 2.32. The van der Waals surface area contributed by atoms with Gasteiger partial charge in [-0.25, -0.2) is 8.42 Å². The van der Waals surface area contributed by atoms with Crippen molar-refractivity contribution in [2.24, 2.45) is 0 Å². The van der Waals surface area contributed by atoms with Gasteiger partial charge < -0.3 is 15.4 Å². The summed E-state index contributed by atoms with van der Waals surface area (Å²) in [5.41, 5.74) is 3.61. The number of nitrogens with zero attached hydrogens (tertiary/aromatic N) is 1. The van der Waals surface area contributed by atoms with Crippen molar-refractivity contribution in [2.45, 2.75) is 38.0 Å². The number of aryl methyl sites for hydroxylation is 1. The fraction of sp³-hybridized carbons (Fsp3) is 0.212. The molecular formula is C33H35N3O5S. The lowest BCUT2D eigenvalue weighted by Gasteiger charge is -2.25. The van der Waals surface area contributed by atoms with Gasteiger partial charge in [-0.05, 0) is 72.5 Å². The average Bonchev–Trinajstić information content (AvgIpc) is 2.96. The number of benzene rings is 4. The summed E-state index contributed by atoms with van der Waals surface area (Å²) in [5.74, 6) is -0.551. The van der Waals surface area contributed by atoms with Crippen LogP contribution in [-0.4, -0.2) is 33.9 Å². The molecule has 4 rings (SSSR count). The Morgan fingerprint density at radius 3 is 2.05 bits per heavy atom. The van der Waals surface area contributed by atoms with Gasteiger partial charge in [0, 0.05) is 16.9 Å². The van der Waals surface area contributed by atoms with E-state index < -0.39 is 22.5 Å². The molecular weight excluding hydrogens is 550 g/mol. The van der Waals surface area contributed by atoms with Crippen LogP contribution in [0.1, 0.15) is 42.3 Å². The third kappa shape index (κ3) is 7.16. The molecule has 0 unspecified atom stereocenters. The zero-order valence-corrected chi connectivity index (χ0v) is 25.2. The van der Waals surface area contributed by atoms with Crippen LogP contribution in [0.4, 0.5) is 17.1 Å². The van der Waals surface area contributed by atoms with Crippen molar-refractivity contribution in [2.75, 3.05) is 28.6 Å². The summed E-state index contributed by atoms with van der Waals surface area (Å²) < 4.78 is 33.9. The van der Waals surface area contributed by atoms with Crippen LogP contribution in [0.5, 0.6) is 5.75 Å². The lowest BCUT2D eigenvalue weighted by molar-refractivity contribution is -0.114. The zero-order valence-electron chi connectivity index (χ0n) is 24.3. The minimum atomic E-state index is -4.12. The number of sulfonamides is 1. The van der Waals surface area contributed by atoms with Crippen LogP contribution in [0, 0.1) is 6.92 Å². The van der Waals surface area contributed by atoms with Crippen molar-refractivity contribution in [3.63, 3.8) is 0 Å². The molecule has 0 aliphatic rings. The molecule has 4 aromatic rings. The van der Waals surface area contributed by atoms with E-state index in [-0.39, 0.29) is 21.9 Å². The van der Waals surface area contributed by atoms with Gasteiger partial charge in [-0.1, -0.05) is 68.8 Å². The number of nitrogens with one attached hydrogen (secondary N) is 2. The molecule has 0 aromatic heterocycles. The van der Waals surface area contributed by atoms with E-state index in [0.717, 1.165) is 15.4 Å². The maximum Gasteiger partial charge on any atom is 0.264 e. The first kappa shape index (κ1) is 30.3. The smallest absolute Gasteiger partial charge is 0.264 e. The van der Waals surface area contributed by atoms with Crippen LogP contribution in [0.25, 0.3) is 0 Å². The fourth-order valence-electron chi connectivity index (χ4n) is 4.30. The van der Waals surface area contributed by atoms with Crippen LogP contribution >= 0.6 is 0 Å². The van der Waals surface area contributed by atoms with E-state index >= 15 is 0 Å². The van der Waals surface area contributed by atoms with E-state index in [4.69, 9.17) is 4.74 Å². The molecule has 42 heavy (non-hydrogen) atoms. The molecule has 0 bridgehead atoms. The molecule has 4 aromatic carbocycles. The van der Waals surface area contributed by atoms with Gasteiger partial charge in [0.2, 0.25) is 5.91 Å². The molecule has 8 nitrogen and oxygen atoms in total. The first-order valence-electron chi connectivity index (χ1n) is 13.4. The standard InChI is InChI=1S/C33H35N3O5S/c1-23-13-19-28(20-14-23)42(39,40)36(29-11-6-7-12-30(29)41-5)22-31(37)34-26-9-8-10-27(21-26)35-32(38)24-15-17-25(18-16-24)33(2,3)4/h6-21H,22H2,1-5H3,(H,34,37)(H,35,38). The third-order valence-corrected chi connectivity index (χ3v) is 8.44. The molecule has 0 heterocycles. The minimum absolute atomic E-state index is 0.0256. The Balaban J connectivity index is 1.53. The van der Waals surface area contributed by atoms with Crippen LogP contribution < -0.4 is 19.7 Å². The number of methoxy groups -OCH3 is 1. The van der Waals surface area contributed by atoms with E-state index in [1.807, 2.05) is 19.1 Å². The largest absolute Gasteiger partial charge is 0.495 e. The van der Waals surface area contributed by atoms with Crippen molar-refractivity contribution < 1.29 is 22.7 Å². The van der Waals surface area contributed by atoms with Crippen LogP contribution in [0.2, 0.25) is 0 Å². The Kier molecular flexibility index (Phi) is 9.02. The second-order valence-corrected chi connectivity index (χ2v) is 12.8. The summed E-state index contributed by atoms with van der Waals surface area (Å²) >= 11 is 0. The fourth-order valence-corrected chi connectivity index (χ4v) is 5.73. The molecule has 0 aliphatic carbocycles. The molecule has 0 saturated carbocycles. The predicted octanol–water partition coefficient (Wildman–Crippen LogP) is 6.39. The summed E-state index contributed by atoms with van der Waals surface area (Å²) in [4.78, 5) is 26.2. The quantitative estimate of drug-likeness (QED) is 0.237. The van der Waals surface area contributed by atoms with E-state index in [1.165, 1.54) is 19.2 Å². The summed E-state index contributed by atoms with van der Waals surface area (Å²) in [6.07, 6.45) is 0. The SMILES string of the molecule is COc1ccccc1N(CC(=O)Nc1cccc(NC(=O)c2ccc(C(C)(C)C)cc2)c1)S(=O)(=O)c1ccc(C)cc1. The molecule has 0 atom stereocenters. The van der Waals surface area contributed by atoms with Gasteiger partial charge in [0.25, 0.3) is 15.9 Å². The molecule has 2 amide bonds. The predicted molar refractivity (Wildman–Crippen MR) is 167 cm³/mol. The van der Waals surface area contributed by atoms with Crippen molar-refractivity contribution in [3.05, 3.63) is 114 Å². The first-order chi connectivity index (χ1) is 19.9. The second kappa shape index (κ2) is 12.5. The third-order valence-electron chi connectivity index (χ3n) is 6.67. The number of anilines is 3.